The van der Waals surface area contributed by atoms with Crippen LogP contribution in [0.1, 0.15) is 75.9 Å². The fourth-order valence-corrected chi connectivity index (χ4v) is 6.51. The van der Waals surface area contributed by atoms with Crippen molar-refractivity contribution in [1.82, 2.24) is 31.1 Å². The molecular weight excluding hydrogens is 544 g/mol. The number of rotatable bonds is 4. The van der Waals surface area contributed by atoms with Gasteiger partial charge in [0.1, 0.15) is 11.8 Å². The van der Waals surface area contributed by atoms with Gasteiger partial charge in [0.2, 0.25) is 17.6 Å². The number of phenols is 1. The first-order chi connectivity index (χ1) is 19.3. The van der Waals surface area contributed by atoms with E-state index < -0.39 is 46.3 Å². The number of amides is 3. The maximum Gasteiger partial charge on any atom is 0.251 e. The summed E-state index contributed by atoms with van der Waals surface area (Å²) in [5.74, 6) is -4.41. The van der Waals surface area contributed by atoms with Crippen molar-refractivity contribution in [2.75, 3.05) is 13.1 Å². The molecule has 4 aliphatic rings. The zero-order valence-corrected chi connectivity index (χ0v) is 24.7. The molecule has 4 aliphatic heterocycles. The van der Waals surface area contributed by atoms with E-state index in [9.17, 15) is 29.7 Å². The highest BCUT2D eigenvalue weighted by Crippen LogP contribution is 2.44. The van der Waals surface area contributed by atoms with Crippen molar-refractivity contribution >= 4 is 29.6 Å². The van der Waals surface area contributed by atoms with Crippen LogP contribution >= 0.6 is 0 Å². The number of benzene rings is 1. The second-order valence-corrected chi connectivity index (χ2v) is 13.7. The van der Waals surface area contributed by atoms with Gasteiger partial charge in [-0.15, -0.1) is 0 Å². The molecule has 0 bridgehead atoms. The molecule has 0 radical (unpaired) electrons. The van der Waals surface area contributed by atoms with Gasteiger partial charge in [0.15, 0.2) is 17.6 Å². The van der Waals surface area contributed by atoms with E-state index in [-0.39, 0.29) is 61.0 Å². The first-order valence-corrected chi connectivity index (χ1v) is 14.0. The number of carbonyl (C=O) groups is 3. The number of aromatic hydroxyl groups is 1. The monoisotopic (exact) mass is 584 g/mol. The highest BCUT2D eigenvalue weighted by atomic mass is 16.5. The third-order valence-corrected chi connectivity index (χ3v) is 8.73. The first-order valence-electron chi connectivity index (χ1n) is 14.0. The number of phenolic OH excluding ortho intramolecular Hbond substituents is 1. The second-order valence-electron chi connectivity index (χ2n) is 13.7. The van der Waals surface area contributed by atoms with Crippen LogP contribution in [0.3, 0.4) is 0 Å². The Morgan fingerprint density at radius 1 is 1.02 bits per heavy atom. The summed E-state index contributed by atoms with van der Waals surface area (Å²) < 4.78 is 0. The number of likely N-dealkylation sites (tertiary alicyclic amines) is 1. The number of aliphatic hydroxyl groups is 2. The van der Waals surface area contributed by atoms with E-state index in [1.807, 2.05) is 41.5 Å². The van der Waals surface area contributed by atoms with Crippen molar-refractivity contribution in [3.63, 3.8) is 0 Å². The fourth-order valence-electron chi connectivity index (χ4n) is 6.51. The molecule has 1 spiro atoms. The van der Waals surface area contributed by atoms with E-state index in [4.69, 9.17) is 10.8 Å². The first kappa shape index (κ1) is 29.6. The Morgan fingerprint density at radius 3 is 2.10 bits per heavy atom. The molecule has 3 amide bonds. The molecule has 4 fully saturated rings. The van der Waals surface area contributed by atoms with Crippen molar-refractivity contribution < 1.29 is 29.7 Å². The molecule has 4 saturated heterocycles. The summed E-state index contributed by atoms with van der Waals surface area (Å²) in [6.07, 6.45) is 0.158. The van der Waals surface area contributed by atoms with Gasteiger partial charge in [-0.2, -0.15) is 0 Å². The van der Waals surface area contributed by atoms with Gasteiger partial charge >= 0.3 is 0 Å². The third-order valence-electron chi connectivity index (χ3n) is 8.73. The van der Waals surface area contributed by atoms with Crippen LogP contribution in [0.5, 0.6) is 5.75 Å². The molecule has 1 aromatic carbocycles. The minimum Gasteiger partial charge on any atom is -0.507 e. The van der Waals surface area contributed by atoms with Gasteiger partial charge in [0.25, 0.3) is 5.91 Å². The van der Waals surface area contributed by atoms with E-state index >= 15 is 0 Å². The molecule has 4 heterocycles. The van der Waals surface area contributed by atoms with E-state index in [1.54, 1.807) is 12.1 Å². The highest BCUT2D eigenvalue weighted by Gasteiger charge is 2.74. The molecule has 1 aromatic rings. The number of carbonyl (C=O) groups excluding carboxylic acids is 3. The molecule has 3 unspecified atom stereocenters. The van der Waals surface area contributed by atoms with E-state index in [0.717, 1.165) is 4.90 Å². The average Bonchev–Trinajstić information content (AvgIpc) is 3.45. The lowest BCUT2D eigenvalue weighted by atomic mass is 9.78. The van der Waals surface area contributed by atoms with Crippen LogP contribution < -0.4 is 21.3 Å². The zero-order chi connectivity index (χ0) is 31.2. The van der Waals surface area contributed by atoms with Crippen LogP contribution in [0, 0.1) is 10.8 Å². The number of hydrogen-bond donors (Lipinski definition) is 9. The maximum atomic E-state index is 13.7. The minimum atomic E-state index is -2.72. The highest BCUT2D eigenvalue weighted by molar-refractivity contribution is 6.02. The summed E-state index contributed by atoms with van der Waals surface area (Å²) in [4.78, 5) is 40.8. The fraction of sp³-hybridized carbons (Fsp3) is 0.607. The number of nitrogens with zero attached hydrogens (tertiary/aromatic N) is 2. The van der Waals surface area contributed by atoms with Gasteiger partial charge in [0, 0.05) is 36.1 Å². The van der Waals surface area contributed by atoms with Crippen LogP contribution in [-0.2, 0) is 20.4 Å². The van der Waals surface area contributed by atoms with Crippen LogP contribution in [0.25, 0.3) is 0 Å². The second kappa shape index (κ2) is 9.30. The summed E-state index contributed by atoms with van der Waals surface area (Å²) in [6.45, 7) is 11.2. The summed E-state index contributed by atoms with van der Waals surface area (Å²) >= 11 is 0. The van der Waals surface area contributed by atoms with Gasteiger partial charge in [-0.05, 0) is 23.0 Å². The van der Waals surface area contributed by atoms with Gasteiger partial charge in [-0.25, -0.2) is 0 Å². The van der Waals surface area contributed by atoms with Crippen LogP contribution in [0.2, 0.25) is 0 Å². The Kier molecular flexibility index (Phi) is 6.55. The summed E-state index contributed by atoms with van der Waals surface area (Å²) in [5.41, 5.74) is -1.51. The molecule has 0 saturated carbocycles. The van der Waals surface area contributed by atoms with Crippen molar-refractivity contribution in [3.8, 4) is 5.75 Å². The number of imide groups is 1. The molecule has 0 aliphatic carbocycles. The summed E-state index contributed by atoms with van der Waals surface area (Å²) in [6, 6.07) is 0.0339. The molecule has 228 valence electrons. The largest absolute Gasteiger partial charge is 0.507 e. The third kappa shape index (κ3) is 4.35. The van der Waals surface area contributed by atoms with E-state index in [1.165, 1.54) is 4.90 Å². The zero-order valence-electron chi connectivity index (χ0n) is 24.7. The van der Waals surface area contributed by atoms with Crippen molar-refractivity contribution in [3.05, 3.63) is 28.8 Å². The Hall–Kier alpha value is -3.91. The van der Waals surface area contributed by atoms with Gasteiger partial charge in [-0.3, -0.25) is 30.1 Å². The van der Waals surface area contributed by atoms with Crippen LogP contribution in [-0.4, -0.2) is 97.4 Å². The topological polar surface area (TPSA) is 214 Å². The van der Waals surface area contributed by atoms with Gasteiger partial charge < -0.3 is 41.5 Å². The van der Waals surface area contributed by atoms with Crippen molar-refractivity contribution in [2.45, 2.75) is 94.8 Å². The van der Waals surface area contributed by atoms with Gasteiger partial charge in [0.05, 0.1) is 18.6 Å². The molecule has 42 heavy (non-hydrogen) atoms. The molecule has 14 nitrogen and oxygen atoms in total. The Labute approximate surface area is 243 Å². The predicted molar refractivity (Wildman–Crippen MR) is 152 cm³/mol. The summed E-state index contributed by atoms with van der Waals surface area (Å²) in [5, 5.41) is 62.8. The standard InChI is InChI=1S/C28H40N8O6/c1-25(2,3)14-9-13(10-15(20(14)39)26(4,5)6)22(40)32-17-12-36-24(30)31-16(11-35-18(37)7-8-19(35)38)21-27(36,28(17,41)42)34-23(29)33-21/h9-10,16-17,21,39,41-42H,7-8,11-12H2,1-6H3,(H2,30,31)(H,32,40)(H3,29,33,34)/t16-,17?,21?,27?/m0/s1. The lowest BCUT2D eigenvalue weighted by Gasteiger charge is -2.51. The molecule has 4 atom stereocenters. The lowest BCUT2D eigenvalue weighted by Crippen LogP contribution is -2.81. The summed E-state index contributed by atoms with van der Waals surface area (Å²) in [7, 11) is 0. The molecular formula is C28H40N8O6. The van der Waals surface area contributed by atoms with E-state index in [2.05, 4.69) is 21.3 Å². The Balaban J connectivity index is 1.48. The van der Waals surface area contributed by atoms with Crippen LogP contribution in [0.15, 0.2) is 12.1 Å². The molecule has 14 heteroatoms. The molecule has 0 aromatic heterocycles. The number of hydrogen-bond acceptors (Lipinski definition) is 8. The van der Waals surface area contributed by atoms with Crippen LogP contribution in [0.4, 0.5) is 0 Å². The van der Waals surface area contributed by atoms with E-state index in [0.29, 0.717) is 11.1 Å². The number of nitrogens with one attached hydrogen (secondary N) is 6. The van der Waals surface area contributed by atoms with Crippen molar-refractivity contribution in [1.29, 1.82) is 10.8 Å². The van der Waals surface area contributed by atoms with Crippen molar-refractivity contribution in [2.24, 2.45) is 0 Å². The number of guanidine groups is 2. The minimum absolute atomic E-state index is 0.0790. The quantitative estimate of drug-likeness (QED) is 0.161. The maximum absolute atomic E-state index is 13.7. The smallest absolute Gasteiger partial charge is 0.251 e. The Bertz CT molecular complexity index is 1340. The Morgan fingerprint density at radius 2 is 1.57 bits per heavy atom. The van der Waals surface area contributed by atoms with Gasteiger partial charge in [-0.1, -0.05) is 41.5 Å². The molecule has 5 rings (SSSR count). The normalized spacial score (nSPS) is 28.7. The predicted octanol–water partition coefficient (Wildman–Crippen LogP) is -0.670. The SMILES string of the molecule is CC(C)(C)c1cc(C(=O)NC2CN3C(=N)N[C@@H](CN4C(=O)CCC4=O)C4NC(=N)NC43C2(O)O)cc(C(C)(C)C)c1O. The lowest BCUT2D eigenvalue weighted by molar-refractivity contribution is -0.232. The molecule has 9 N–H and O–H groups in total. The average molecular weight is 585 g/mol.